The molecule has 20 heavy (non-hydrogen) atoms. The number of hydrogen-bond donors (Lipinski definition) is 0. The van der Waals surface area contributed by atoms with Crippen LogP contribution in [-0.4, -0.2) is 21.5 Å². The molecular weight excluding hydrogens is 300 g/mol. The molecule has 2 aromatic rings. The molecule has 0 aliphatic rings. The highest BCUT2D eigenvalue weighted by molar-refractivity contribution is 7.84. The Morgan fingerprint density at radius 2 is 2.25 bits per heavy atom. The molecule has 2 unspecified atom stereocenters. The molecule has 0 fully saturated rings. The SMILES string of the molecule is COc1ccc(Cl)cc1CS(=O)C(C)c1nc(C)no1. The number of aromatic nitrogens is 2. The summed E-state index contributed by atoms with van der Waals surface area (Å²) in [6.45, 7) is 3.52. The van der Waals surface area contributed by atoms with E-state index in [9.17, 15) is 4.21 Å². The van der Waals surface area contributed by atoms with Gasteiger partial charge in [0.25, 0.3) is 0 Å². The zero-order valence-corrected chi connectivity index (χ0v) is 13.0. The Morgan fingerprint density at radius 1 is 1.50 bits per heavy atom. The number of nitrogens with zero attached hydrogens (tertiary/aromatic N) is 2. The largest absolute Gasteiger partial charge is 0.496 e. The molecular formula is C13H15ClN2O3S. The lowest BCUT2D eigenvalue weighted by Crippen LogP contribution is -2.07. The van der Waals surface area contributed by atoms with Gasteiger partial charge in [0.15, 0.2) is 5.82 Å². The van der Waals surface area contributed by atoms with Crippen molar-refractivity contribution >= 4 is 22.4 Å². The van der Waals surface area contributed by atoms with E-state index < -0.39 is 10.8 Å². The van der Waals surface area contributed by atoms with Crippen molar-refractivity contribution in [3.05, 3.63) is 40.5 Å². The standard InChI is InChI=1S/C13H15ClN2O3S/c1-8(13-15-9(2)16-19-13)20(17)7-10-6-11(14)4-5-12(10)18-3/h4-6,8H,7H2,1-3H3. The summed E-state index contributed by atoms with van der Waals surface area (Å²) in [5.41, 5.74) is 0.793. The summed E-state index contributed by atoms with van der Waals surface area (Å²) in [7, 11) is 0.361. The molecule has 1 aromatic carbocycles. The van der Waals surface area contributed by atoms with Gasteiger partial charge in [-0.3, -0.25) is 4.21 Å². The topological polar surface area (TPSA) is 65.2 Å². The molecule has 108 valence electrons. The Kier molecular flexibility index (Phi) is 4.77. The molecule has 2 rings (SSSR count). The molecule has 1 heterocycles. The van der Waals surface area contributed by atoms with E-state index in [0.717, 1.165) is 5.56 Å². The van der Waals surface area contributed by atoms with Crippen LogP contribution in [0.1, 0.15) is 29.5 Å². The highest BCUT2D eigenvalue weighted by atomic mass is 35.5. The van der Waals surface area contributed by atoms with Crippen molar-refractivity contribution in [3.63, 3.8) is 0 Å². The van der Waals surface area contributed by atoms with Gasteiger partial charge in [-0.2, -0.15) is 4.98 Å². The minimum atomic E-state index is -1.21. The average molecular weight is 315 g/mol. The maximum Gasteiger partial charge on any atom is 0.242 e. The minimum absolute atomic E-state index is 0.312. The summed E-state index contributed by atoms with van der Waals surface area (Å²) in [5.74, 6) is 1.88. The van der Waals surface area contributed by atoms with E-state index in [1.807, 2.05) is 0 Å². The predicted molar refractivity (Wildman–Crippen MR) is 77.3 cm³/mol. The van der Waals surface area contributed by atoms with E-state index in [4.69, 9.17) is 20.9 Å². The lowest BCUT2D eigenvalue weighted by atomic mass is 10.2. The first-order valence-corrected chi connectivity index (χ1v) is 7.77. The number of benzene rings is 1. The fraction of sp³-hybridized carbons (Fsp3) is 0.385. The fourth-order valence-electron chi connectivity index (χ4n) is 1.73. The first-order chi connectivity index (χ1) is 9.51. The van der Waals surface area contributed by atoms with Crippen LogP contribution in [0.25, 0.3) is 0 Å². The van der Waals surface area contributed by atoms with E-state index in [2.05, 4.69) is 10.1 Å². The number of halogens is 1. The number of ether oxygens (including phenoxy) is 1. The second-order valence-electron chi connectivity index (χ2n) is 4.30. The van der Waals surface area contributed by atoms with Gasteiger partial charge < -0.3 is 9.26 Å². The van der Waals surface area contributed by atoms with Gasteiger partial charge in [-0.15, -0.1) is 0 Å². The van der Waals surface area contributed by atoms with E-state index in [0.29, 0.717) is 28.2 Å². The number of hydrogen-bond acceptors (Lipinski definition) is 5. The normalized spacial score (nSPS) is 14.0. The first kappa shape index (κ1) is 15.0. The Hall–Kier alpha value is -1.40. The quantitative estimate of drug-likeness (QED) is 0.848. The van der Waals surface area contributed by atoms with Crippen molar-refractivity contribution in [3.8, 4) is 5.75 Å². The monoisotopic (exact) mass is 314 g/mol. The zero-order chi connectivity index (χ0) is 14.7. The van der Waals surface area contributed by atoms with Crippen LogP contribution in [-0.2, 0) is 16.6 Å². The lowest BCUT2D eigenvalue weighted by molar-refractivity contribution is 0.375. The molecule has 0 aliphatic heterocycles. The molecule has 0 bridgehead atoms. The minimum Gasteiger partial charge on any atom is -0.496 e. The van der Waals surface area contributed by atoms with Gasteiger partial charge in [-0.1, -0.05) is 16.8 Å². The van der Waals surface area contributed by atoms with E-state index in [1.165, 1.54) is 0 Å². The number of aryl methyl sites for hydroxylation is 1. The van der Waals surface area contributed by atoms with Gasteiger partial charge >= 0.3 is 0 Å². The second-order valence-corrected chi connectivity index (χ2v) is 6.50. The molecule has 0 radical (unpaired) electrons. The Balaban J connectivity index is 2.17. The van der Waals surface area contributed by atoms with Crippen LogP contribution in [0.5, 0.6) is 5.75 Å². The van der Waals surface area contributed by atoms with Crippen LogP contribution in [0.3, 0.4) is 0 Å². The van der Waals surface area contributed by atoms with Crippen LogP contribution in [0.4, 0.5) is 0 Å². The summed E-state index contributed by atoms with van der Waals surface area (Å²) in [4.78, 5) is 4.11. The second kappa shape index (κ2) is 6.37. The van der Waals surface area contributed by atoms with Gasteiger partial charge in [0.2, 0.25) is 5.89 Å². The maximum atomic E-state index is 12.4. The molecule has 0 saturated heterocycles. The van der Waals surface area contributed by atoms with E-state index in [-0.39, 0.29) is 5.25 Å². The number of rotatable bonds is 5. The van der Waals surface area contributed by atoms with Gasteiger partial charge in [0, 0.05) is 21.4 Å². The molecule has 0 N–H and O–H groups in total. The van der Waals surface area contributed by atoms with Crippen molar-refractivity contribution in [1.82, 2.24) is 10.1 Å². The van der Waals surface area contributed by atoms with Crippen molar-refractivity contribution in [2.45, 2.75) is 24.9 Å². The van der Waals surface area contributed by atoms with Crippen molar-refractivity contribution < 1.29 is 13.5 Å². The summed E-state index contributed by atoms with van der Waals surface area (Å²) in [6, 6.07) is 5.25. The van der Waals surface area contributed by atoms with Crippen molar-refractivity contribution in [1.29, 1.82) is 0 Å². The zero-order valence-electron chi connectivity index (χ0n) is 11.4. The van der Waals surface area contributed by atoms with Crippen LogP contribution >= 0.6 is 11.6 Å². The molecule has 2 atom stereocenters. The lowest BCUT2D eigenvalue weighted by Gasteiger charge is -2.11. The third-order valence-corrected chi connectivity index (χ3v) is 4.65. The van der Waals surface area contributed by atoms with Crippen LogP contribution in [0, 0.1) is 6.92 Å². The average Bonchev–Trinajstić information content (AvgIpc) is 2.84. The fourth-order valence-corrected chi connectivity index (χ4v) is 3.03. The predicted octanol–water partition coefficient (Wildman–Crippen LogP) is 3.05. The number of methoxy groups -OCH3 is 1. The highest BCUT2D eigenvalue weighted by Crippen LogP contribution is 2.27. The third kappa shape index (κ3) is 3.37. The molecule has 0 aliphatic carbocycles. The third-order valence-electron chi connectivity index (χ3n) is 2.83. The Bertz CT molecular complexity index is 630. The van der Waals surface area contributed by atoms with E-state index >= 15 is 0 Å². The molecule has 0 amide bonds. The summed E-state index contributed by atoms with van der Waals surface area (Å²) >= 11 is 5.96. The van der Waals surface area contributed by atoms with Crippen molar-refractivity contribution in [2.75, 3.05) is 7.11 Å². The molecule has 1 aromatic heterocycles. The molecule has 0 saturated carbocycles. The van der Waals surface area contributed by atoms with Crippen LogP contribution in [0.2, 0.25) is 5.02 Å². The summed E-state index contributed by atoms with van der Waals surface area (Å²) in [6.07, 6.45) is 0. The van der Waals surface area contributed by atoms with Gasteiger partial charge in [-0.25, -0.2) is 0 Å². The van der Waals surface area contributed by atoms with Gasteiger partial charge in [0.1, 0.15) is 11.0 Å². The van der Waals surface area contributed by atoms with E-state index in [1.54, 1.807) is 39.2 Å². The molecule has 7 heteroatoms. The van der Waals surface area contributed by atoms with Crippen LogP contribution in [0.15, 0.2) is 22.7 Å². The summed E-state index contributed by atoms with van der Waals surface area (Å²) < 4.78 is 22.7. The Morgan fingerprint density at radius 3 is 2.85 bits per heavy atom. The Labute approximate surface area is 124 Å². The first-order valence-electron chi connectivity index (χ1n) is 6.01. The molecule has 5 nitrogen and oxygen atoms in total. The maximum absolute atomic E-state index is 12.4. The smallest absolute Gasteiger partial charge is 0.242 e. The highest BCUT2D eigenvalue weighted by Gasteiger charge is 2.21. The van der Waals surface area contributed by atoms with Gasteiger partial charge in [0.05, 0.1) is 12.9 Å². The van der Waals surface area contributed by atoms with Crippen LogP contribution < -0.4 is 4.74 Å². The van der Waals surface area contributed by atoms with Crippen molar-refractivity contribution in [2.24, 2.45) is 0 Å². The summed E-state index contributed by atoms with van der Waals surface area (Å²) in [5, 5.41) is 3.94. The molecule has 0 spiro atoms. The van der Waals surface area contributed by atoms with Gasteiger partial charge in [-0.05, 0) is 32.0 Å².